The van der Waals surface area contributed by atoms with Crippen LogP contribution < -0.4 is 0 Å². The smallest absolute Gasteiger partial charge is 0.0833 e. The lowest BCUT2D eigenvalue weighted by molar-refractivity contribution is -0.0710. The Balaban J connectivity index is 1.29. The van der Waals surface area contributed by atoms with E-state index < -0.39 is 17.1 Å². The van der Waals surface area contributed by atoms with Gasteiger partial charge in [0.05, 0.1) is 23.2 Å². The number of fused-ring (bicyclic) bond motifs is 5. The van der Waals surface area contributed by atoms with Gasteiger partial charge in [0.25, 0.3) is 0 Å². The van der Waals surface area contributed by atoms with E-state index in [0.717, 1.165) is 68.6 Å². The number of allylic oxidation sites excluding steroid dienone is 1. The van der Waals surface area contributed by atoms with Gasteiger partial charge in [0.1, 0.15) is 0 Å². The van der Waals surface area contributed by atoms with Gasteiger partial charge in [0.15, 0.2) is 0 Å². The Morgan fingerprint density at radius 1 is 1.03 bits per heavy atom. The third-order valence-electron chi connectivity index (χ3n) is 11.7. The maximum absolute atomic E-state index is 10.7. The van der Waals surface area contributed by atoms with E-state index in [1.807, 2.05) is 6.92 Å². The Morgan fingerprint density at radius 2 is 1.78 bits per heavy atom. The van der Waals surface area contributed by atoms with Crippen molar-refractivity contribution in [2.24, 2.45) is 45.8 Å². The van der Waals surface area contributed by atoms with Gasteiger partial charge in [0.2, 0.25) is 0 Å². The molecule has 0 radical (unpaired) electrons. The number of nitriles is 1. The summed E-state index contributed by atoms with van der Waals surface area (Å²) < 4.78 is 0. The molecular weight excluding hydrogens is 394 g/mol. The van der Waals surface area contributed by atoms with Gasteiger partial charge in [0, 0.05) is 0 Å². The lowest BCUT2D eigenvalue weighted by Gasteiger charge is -2.59. The van der Waals surface area contributed by atoms with E-state index in [2.05, 4.69) is 32.9 Å². The van der Waals surface area contributed by atoms with Crippen molar-refractivity contribution in [3.05, 3.63) is 11.6 Å². The maximum Gasteiger partial charge on any atom is 0.0833 e. The normalized spacial score (nSPS) is 48.5. The third kappa shape index (κ3) is 3.42. The van der Waals surface area contributed by atoms with Crippen molar-refractivity contribution >= 4 is 0 Å². The van der Waals surface area contributed by atoms with Crippen LogP contribution in [0.4, 0.5) is 0 Å². The van der Waals surface area contributed by atoms with Gasteiger partial charge in [-0.3, -0.25) is 0 Å². The van der Waals surface area contributed by atoms with Crippen molar-refractivity contribution in [2.45, 2.75) is 116 Å². The fourth-order valence-corrected chi connectivity index (χ4v) is 9.33. The molecule has 3 nitrogen and oxygen atoms in total. The predicted octanol–water partition coefficient (Wildman–Crippen LogP) is 6.40. The molecule has 0 bridgehead atoms. The second kappa shape index (κ2) is 7.58. The average molecular weight is 440 g/mol. The van der Waals surface area contributed by atoms with E-state index in [1.165, 1.54) is 32.1 Å². The monoisotopic (exact) mass is 439 g/mol. The first-order chi connectivity index (χ1) is 15.0. The third-order valence-corrected chi connectivity index (χ3v) is 11.7. The van der Waals surface area contributed by atoms with Crippen LogP contribution in [0.2, 0.25) is 0 Å². The van der Waals surface area contributed by atoms with Crippen molar-refractivity contribution in [2.75, 3.05) is 0 Å². The molecule has 0 aromatic carbocycles. The molecule has 9 atom stereocenters. The second-order valence-electron chi connectivity index (χ2n) is 13.5. The zero-order valence-corrected chi connectivity index (χ0v) is 20.9. The standard InChI is InChI=1S/C29H45NO2/c1-19(5-10-25(31)29(18-30)15-16-29)22-8-9-23-21-7-6-20-17-26(2,32)13-14-27(20,3)24(21)11-12-28(22,23)4/h6,19,21-25,31-32H,5,7-17H2,1-4H3/t19-,21+,22-,23+,24+,25-,26+,27+,28-/m1/s1. The van der Waals surface area contributed by atoms with E-state index in [1.54, 1.807) is 5.57 Å². The van der Waals surface area contributed by atoms with Crippen LogP contribution in [-0.4, -0.2) is 21.9 Å². The Morgan fingerprint density at radius 3 is 2.47 bits per heavy atom. The van der Waals surface area contributed by atoms with Crippen LogP contribution in [0, 0.1) is 57.2 Å². The number of nitrogens with zero attached hydrogens (tertiary/aromatic N) is 1. The van der Waals surface area contributed by atoms with Crippen molar-refractivity contribution < 1.29 is 10.2 Å². The molecule has 32 heavy (non-hydrogen) atoms. The van der Waals surface area contributed by atoms with Gasteiger partial charge < -0.3 is 10.2 Å². The highest BCUT2D eigenvalue weighted by Gasteiger charge is 2.59. The number of hydrogen-bond donors (Lipinski definition) is 2. The summed E-state index contributed by atoms with van der Waals surface area (Å²) >= 11 is 0. The molecule has 5 aliphatic rings. The zero-order chi connectivity index (χ0) is 22.9. The highest BCUT2D eigenvalue weighted by atomic mass is 16.3. The number of rotatable bonds is 5. The summed E-state index contributed by atoms with van der Waals surface area (Å²) in [5, 5.41) is 30.7. The van der Waals surface area contributed by atoms with Crippen molar-refractivity contribution in [3.8, 4) is 6.07 Å². The molecular formula is C29H45NO2. The molecule has 0 heterocycles. The average Bonchev–Trinajstić information content (AvgIpc) is 3.47. The predicted molar refractivity (Wildman–Crippen MR) is 128 cm³/mol. The van der Waals surface area contributed by atoms with E-state index in [9.17, 15) is 15.5 Å². The Hall–Kier alpha value is -0.850. The van der Waals surface area contributed by atoms with E-state index in [0.29, 0.717) is 16.7 Å². The van der Waals surface area contributed by atoms with Crippen molar-refractivity contribution in [3.63, 3.8) is 0 Å². The van der Waals surface area contributed by atoms with Gasteiger partial charge in [-0.15, -0.1) is 0 Å². The lowest BCUT2D eigenvalue weighted by Crippen LogP contribution is -2.52. The molecule has 4 saturated carbocycles. The van der Waals surface area contributed by atoms with Crippen LogP contribution in [0.15, 0.2) is 11.6 Å². The molecule has 0 aliphatic heterocycles. The van der Waals surface area contributed by atoms with Crippen LogP contribution in [0.5, 0.6) is 0 Å². The molecule has 2 N–H and O–H groups in total. The Kier molecular flexibility index (Phi) is 5.43. The van der Waals surface area contributed by atoms with E-state index in [4.69, 9.17) is 0 Å². The summed E-state index contributed by atoms with van der Waals surface area (Å²) in [6.07, 6.45) is 15.3. The molecule has 0 aromatic heterocycles. The molecule has 0 amide bonds. The largest absolute Gasteiger partial charge is 0.391 e. The van der Waals surface area contributed by atoms with E-state index >= 15 is 0 Å². The number of aliphatic hydroxyl groups is 2. The second-order valence-corrected chi connectivity index (χ2v) is 13.5. The summed E-state index contributed by atoms with van der Waals surface area (Å²) in [7, 11) is 0. The fraction of sp³-hybridized carbons (Fsp3) is 0.897. The van der Waals surface area contributed by atoms with Gasteiger partial charge >= 0.3 is 0 Å². The summed E-state index contributed by atoms with van der Waals surface area (Å²) in [6.45, 7) is 9.57. The number of hydrogen-bond acceptors (Lipinski definition) is 3. The minimum atomic E-state index is -0.510. The number of aliphatic hydroxyl groups excluding tert-OH is 1. The zero-order valence-electron chi connectivity index (χ0n) is 20.9. The Labute approximate surface area is 195 Å². The molecule has 4 fully saturated rings. The lowest BCUT2D eigenvalue weighted by atomic mass is 9.46. The van der Waals surface area contributed by atoms with Crippen LogP contribution in [0.3, 0.4) is 0 Å². The first kappa shape index (κ1) is 22.9. The summed E-state index contributed by atoms with van der Waals surface area (Å²) in [5.41, 5.74) is 1.37. The molecule has 0 spiro atoms. The van der Waals surface area contributed by atoms with Crippen LogP contribution in [-0.2, 0) is 0 Å². The van der Waals surface area contributed by atoms with Gasteiger partial charge in [-0.05, 0) is 124 Å². The first-order valence-electron chi connectivity index (χ1n) is 13.6. The van der Waals surface area contributed by atoms with Gasteiger partial charge in [-0.2, -0.15) is 5.26 Å². The summed E-state index contributed by atoms with van der Waals surface area (Å²) in [4.78, 5) is 0. The molecule has 5 rings (SSSR count). The van der Waals surface area contributed by atoms with Crippen LogP contribution in [0.1, 0.15) is 105 Å². The molecule has 0 saturated heterocycles. The molecule has 5 aliphatic carbocycles. The maximum atomic E-state index is 10.7. The minimum absolute atomic E-state index is 0.302. The molecule has 178 valence electrons. The van der Waals surface area contributed by atoms with Crippen molar-refractivity contribution in [1.29, 1.82) is 5.26 Å². The highest BCUT2D eigenvalue weighted by molar-refractivity contribution is 5.26. The SMILES string of the molecule is C[C@H](CC[C@@H](O)C1(C#N)CC1)[C@H]1CC[C@H]2[C@@H]3CC=C4C[C@@](C)(O)CC[C@]4(C)[C@H]3CC[C@]12C. The van der Waals surface area contributed by atoms with Gasteiger partial charge in [-0.1, -0.05) is 32.4 Å². The quantitative estimate of drug-likeness (QED) is 0.487. The molecule has 0 aromatic rings. The minimum Gasteiger partial charge on any atom is -0.391 e. The molecule has 3 heteroatoms. The highest BCUT2D eigenvalue weighted by Crippen LogP contribution is 2.67. The van der Waals surface area contributed by atoms with Crippen molar-refractivity contribution in [1.82, 2.24) is 0 Å². The summed E-state index contributed by atoms with van der Waals surface area (Å²) in [6, 6.07) is 2.39. The Bertz CT molecular complexity index is 820. The first-order valence-corrected chi connectivity index (χ1v) is 13.6. The molecule has 0 unspecified atom stereocenters. The van der Waals surface area contributed by atoms with Crippen LogP contribution >= 0.6 is 0 Å². The van der Waals surface area contributed by atoms with Crippen LogP contribution in [0.25, 0.3) is 0 Å². The topological polar surface area (TPSA) is 64.2 Å². The van der Waals surface area contributed by atoms with Gasteiger partial charge in [-0.25, -0.2) is 0 Å². The summed E-state index contributed by atoms with van der Waals surface area (Å²) in [5.74, 6) is 3.80. The fourth-order valence-electron chi connectivity index (χ4n) is 9.33. The van der Waals surface area contributed by atoms with E-state index in [-0.39, 0.29) is 0 Å².